The molecule has 0 saturated carbocycles. The third-order valence-electron chi connectivity index (χ3n) is 4.81. The van der Waals surface area contributed by atoms with Gasteiger partial charge in [-0.15, -0.1) is 11.3 Å². The molecule has 0 spiro atoms. The van der Waals surface area contributed by atoms with Crippen LogP contribution in [0.5, 0.6) is 0 Å². The quantitative estimate of drug-likeness (QED) is 0.343. The summed E-state index contributed by atoms with van der Waals surface area (Å²) in [4.78, 5) is 5.54. The van der Waals surface area contributed by atoms with E-state index >= 15 is 0 Å². The molecular formula is C20H14N2O3S2. The van der Waals surface area contributed by atoms with Crippen LogP contribution in [0, 0.1) is 0 Å². The predicted molar refractivity (Wildman–Crippen MR) is 109 cm³/mol. The van der Waals surface area contributed by atoms with E-state index in [1.807, 2.05) is 35.9 Å². The van der Waals surface area contributed by atoms with Crippen LogP contribution in [-0.2, 0) is 17.2 Å². The van der Waals surface area contributed by atoms with E-state index in [1.54, 1.807) is 6.07 Å². The summed E-state index contributed by atoms with van der Waals surface area (Å²) >= 11 is 1.01. The predicted octanol–water partition coefficient (Wildman–Crippen LogP) is 4.85. The summed E-state index contributed by atoms with van der Waals surface area (Å²) in [6.45, 7) is 0. The molecule has 0 radical (unpaired) electrons. The Morgan fingerprint density at radius 1 is 0.889 bits per heavy atom. The maximum atomic E-state index is 11.4. The monoisotopic (exact) mass is 394 g/mol. The zero-order valence-corrected chi connectivity index (χ0v) is 15.9. The van der Waals surface area contributed by atoms with Crippen LogP contribution in [0.4, 0.5) is 0 Å². The van der Waals surface area contributed by atoms with Crippen LogP contribution in [0.1, 0.15) is 0 Å². The normalized spacial score (nSPS) is 12.4. The smallest absolute Gasteiger partial charge is 0.304 e. The van der Waals surface area contributed by atoms with Gasteiger partial charge in [-0.1, -0.05) is 48.5 Å². The Morgan fingerprint density at radius 3 is 2.11 bits per heavy atom. The molecule has 0 atom stereocenters. The summed E-state index contributed by atoms with van der Waals surface area (Å²) in [5.41, 5.74) is 1.88. The van der Waals surface area contributed by atoms with Gasteiger partial charge in [0.1, 0.15) is 4.21 Å². The van der Waals surface area contributed by atoms with Gasteiger partial charge in [0.2, 0.25) is 0 Å². The van der Waals surface area contributed by atoms with Gasteiger partial charge in [0.15, 0.2) is 5.82 Å². The van der Waals surface area contributed by atoms with Crippen LogP contribution < -0.4 is 0 Å². The van der Waals surface area contributed by atoms with Crippen LogP contribution in [0.15, 0.2) is 64.9 Å². The van der Waals surface area contributed by atoms with Gasteiger partial charge < -0.3 is 4.57 Å². The molecule has 5 aromatic rings. The number of aromatic nitrogens is 2. The number of hydrogen-bond acceptors (Lipinski definition) is 4. The second-order valence-electron chi connectivity index (χ2n) is 6.38. The van der Waals surface area contributed by atoms with Crippen molar-refractivity contribution in [3.05, 3.63) is 60.7 Å². The van der Waals surface area contributed by atoms with Crippen LogP contribution >= 0.6 is 11.3 Å². The van der Waals surface area contributed by atoms with E-state index in [2.05, 4.69) is 24.3 Å². The largest absolute Gasteiger partial charge is 0.326 e. The van der Waals surface area contributed by atoms with E-state index in [0.717, 1.165) is 43.9 Å². The van der Waals surface area contributed by atoms with Gasteiger partial charge in [-0.05, 0) is 22.9 Å². The van der Waals surface area contributed by atoms with Gasteiger partial charge in [-0.3, -0.25) is 4.55 Å². The lowest BCUT2D eigenvalue weighted by Gasteiger charge is -2.07. The van der Waals surface area contributed by atoms with E-state index in [-0.39, 0.29) is 4.21 Å². The van der Waals surface area contributed by atoms with Crippen molar-refractivity contribution >= 4 is 54.0 Å². The van der Waals surface area contributed by atoms with Crippen molar-refractivity contribution in [3.8, 4) is 10.7 Å². The van der Waals surface area contributed by atoms with Crippen LogP contribution in [0.25, 0.3) is 43.3 Å². The first-order valence-electron chi connectivity index (χ1n) is 8.29. The summed E-state index contributed by atoms with van der Waals surface area (Å²) < 4.78 is 34.0. The van der Waals surface area contributed by atoms with Gasteiger partial charge in [0.05, 0.1) is 15.9 Å². The number of rotatable bonds is 2. The maximum Gasteiger partial charge on any atom is 0.304 e. The average molecular weight is 394 g/mol. The number of thiophene rings is 1. The average Bonchev–Trinajstić information content (AvgIpc) is 3.27. The molecule has 27 heavy (non-hydrogen) atoms. The summed E-state index contributed by atoms with van der Waals surface area (Å²) in [5, 5.41) is 4.44. The summed E-state index contributed by atoms with van der Waals surface area (Å²) in [6, 6.07) is 19.4. The molecule has 0 saturated heterocycles. The topological polar surface area (TPSA) is 72.2 Å². The first-order chi connectivity index (χ1) is 12.9. The van der Waals surface area contributed by atoms with Gasteiger partial charge in [0.25, 0.3) is 0 Å². The van der Waals surface area contributed by atoms with Crippen molar-refractivity contribution in [1.29, 1.82) is 0 Å². The molecule has 134 valence electrons. The van der Waals surface area contributed by atoms with Gasteiger partial charge in [0, 0.05) is 17.8 Å². The number of fused-ring (bicyclic) bond motifs is 6. The highest BCUT2D eigenvalue weighted by Crippen LogP contribution is 2.38. The Kier molecular flexibility index (Phi) is 3.42. The highest BCUT2D eigenvalue weighted by molar-refractivity contribution is 7.88. The van der Waals surface area contributed by atoms with Crippen molar-refractivity contribution < 1.29 is 13.0 Å². The summed E-state index contributed by atoms with van der Waals surface area (Å²) in [7, 11) is -2.29. The second kappa shape index (κ2) is 5.63. The molecule has 0 fully saturated rings. The van der Waals surface area contributed by atoms with Gasteiger partial charge in [-0.2, -0.15) is 8.42 Å². The molecule has 2 aromatic heterocycles. The molecule has 2 heterocycles. The third kappa shape index (κ3) is 2.39. The van der Waals surface area contributed by atoms with Crippen LogP contribution in [-0.4, -0.2) is 22.5 Å². The molecule has 0 aliphatic rings. The first-order valence-corrected chi connectivity index (χ1v) is 10.5. The molecule has 0 unspecified atom stereocenters. The minimum absolute atomic E-state index is 0.0840. The molecule has 3 aromatic carbocycles. The third-order valence-corrected chi connectivity index (χ3v) is 7.21. The van der Waals surface area contributed by atoms with Crippen molar-refractivity contribution in [2.45, 2.75) is 4.21 Å². The Labute approximate surface area is 159 Å². The lowest BCUT2D eigenvalue weighted by molar-refractivity contribution is 0.485. The lowest BCUT2D eigenvalue weighted by atomic mass is 10.00. The molecule has 0 aliphatic carbocycles. The highest BCUT2D eigenvalue weighted by atomic mass is 32.3. The first kappa shape index (κ1) is 16.4. The molecule has 7 heteroatoms. The zero-order valence-electron chi connectivity index (χ0n) is 14.2. The SMILES string of the molecule is Cn1c(-c2ccc(S(=O)(=O)O)s2)nc2c3ccccc3c3ccccc3c21. The van der Waals surface area contributed by atoms with E-state index < -0.39 is 10.1 Å². The number of benzene rings is 3. The van der Waals surface area contributed by atoms with Gasteiger partial charge >= 0.3 is 10.1 Å². The Balaban J connectivity index is 1.92. The fraction of sp³-hybridized carbons (Fsp3) is 0.0500. The number of imidazole rings is 1. The number of aryl methyl sites for hydroxylation is 1. The standard InChI is InChI=1S/C20H14N2O3S2/c1-22-19-15-9-5-3-7-13(15)12-6-2-4-8-14(12)18(19)21-20(22)16-10-11-17(26-16)27(23,24)25/h2-11H,1H3,(H,23,24,25). The van der Waals surface area contributed by atoms with Crippen molar-refractivity contribution in [2.24, 2.45) is 7.05 Å². The number of hydrogen-bond donors (Lipinski definition) is 1. The maximum absolute atomic E-state index is 11.4. The summed E-state index contributed by atoms with van der Waals surface area (Å²) in [5.74, 6) is 0.673. The fourth-order valence-electron chi connectivity index (χ4n) is 3.64. The van der Waals surface area contributed by atoms with Crippen LogP contribution in [0.2, 0.25) is 0 Å². The lowest BCUT2D eigenvalue weighted by Crippen LogP contribution is -1.93. The van der Waals surface area contributed by atoms with E-state index in [1.165, 1.54) is 6.07 Å². The Morgan fingerprint density at radius 2 is 1.48 bits per heavy atom. The molecule has 0 bridgehead atoms. The molecule has 0 aliphatic heterocycles. The minimum atomic E-state index is -4.22. The Bertz CT molecular complexity index is 1460. The zero-order chi connectivity index (χ0) is 18.8. The van der Waals surface area contributed by atoms with E-state index in [0.29, 0.717) is 10.7 Å². The number of nitrogens with zero attached hydrogens (tertiary/aromatic N) is 2. The van der Waals surface area contributed by atoms with Crippen molar-refractivity contribution in [2.75, 3.05) is 0 Å². The molecule has 5 rings (SSSR count). The van der Waals surface area contributed by atoms with E-state index in [9.17, 15) is 13.0 Å². The fourth-order valence-corrected chi connectivity index (χ4v) is 5.34. The summed E-state index contributed by atoms with van der Waals surface area (Å²) in [6.07, 6.45) is 0. The van der Waals surface area contributed by atoms with Crippen LogP contribution in [0.3, 0.4) is 0 Å². The Hall–Kier alpha value is -2.74. The van der Waals surface area contributed by atoms with Crippen molar-refractivity contribution in [1.82, 2.24) is 9.55 Å². The molecule has 5 nitrogen and oxygen atoms in total. The molecule has 1 N–H and O–H groups in total. The van der Waals surface area contributed by atoms with Gasteiger partial charge in [-0.25, -0.2) is 4.98 Å². The minimum Gasteiger partial charge on any atom is -0.326 e. The van der Waals surface area contributed by atoms with Crippen molar-refractivity contribution in [3.63, 3.8) is 0 Å². The highest BCUT2D eigenvalue weighted by Gasteiger charge is 2.20. The molecule has 0 amide bonds. The second-order valence-corrected chi connectivity index (χ2v) is 9.11. The molecular weight excluding hydrogens is 380 g/mol. The van der Waals surface area contributed by atoms with E-state index in [4.69, 9.17) is 4.98 Å².